The quantitative estimate of drug-likeness (QED) is 0.575. The Balaban J connectivity index is 4.52. The molecule has 0 spiro atoms. The summed E-state index contributed by atoms with van der Waals surface area (Å²) in [6.07, 6.45) is 0. The van der Waals surface area contributed by atoms with Crippen molar-refractivity contribution in [1.29, 1.82) is 0 Å². The molecule has 0 amide bonds. The van der Waals surface area contributed by atoms with Crippen LogP contribution in [0, 0.1) is 5.92 Å². The molecule has 0 saturated carbocycles. The van der Waals surface area contributed by atoms with Crippen LogP contribution in [0.1, 0.15) is 6.92 Å². The third-order valence-corrected chi connectivity index (χ3v) is 1.83. The van der Waals surface area contributed by atoms with Crippen molar-refractivity contribution in [2.45, 2.75) is 13.0 Å². The van der Waals surface area contributed by atoms with Crippen LogP contribution in [0.2, 0.25) is 0 Å². The lowest BCUT2D eigenvalue weighted by Gasteiger charge is -2.22. The maximum Gasteiger partial charge on any atom is 0.319 e. The molecule has 1 atom stereocenters. The summed E-state index contributed by atoms with van der Waals surface area (Å²) in [6, 6.07) is -0.514. The lowest BCUT2D eigenvalue weighted by Crippen LogP contribution is -2.41. The van der Waals surface area contributed by atoms with Crippen molar-refractivity contribution in [2.24, 2.45) is 5.92 Å². The van der Waals surface area contributed by atoms with E-state index in [2.05, 4.69) is 0 Å². The minimum atomic E-state index is -1.36. The Hall–Kier alpha value is -1.10. The van der Waals surface area contributed by atoms with Crippen LogP contribution in [0.15, 0.2) is 0 Å². The fourth-order valence-electron chi connectivity index (χ4n) is 0.816. The van der Waals surface area contributed by atoms with Crippen molar-refractivity contribution in [3.8, 4) is 0 Å². The van der Waals surface area contributed by atoms with Gasteiger partial charge >= 0.3 is 11.9 Å². The van der Waals surface area contributed by atoms with Gasteiger partial charge in [0, 0.05) is 6.04 Å². The molecular formula is C7H13NO4. The number of aliphatic carboxylic acids is 2. The summed E-state index contributed by atoms with van der Waals surface area (Å²) < 4.78 is 0. The molecule has 0 saturated heterocycles. The average molecular weight is 175 g/mol. The second-order valence-electron chi connectivity index (χ2n) is 2.86. The fraction of sp³-hybridized carbons (Fsp3) is 0.714. The summed E-state index contributed by atoms with van der Waals surface area (Å²) in [5.41, 5.74) is 0. The second-order valence-corrected chi connectivity index (χ2v) is 2.86. The van der Waals surface area contributed by atoms with E-state index in [0.717, 1.165) is 0 Å². The van der Waals surface area contributed by atoms with Crippen LogP contribution < -0.4 is 0 Å². The maximum absolute atomic E-state index is 10.5. The first kappa shape index (κ1) is 10.9. The van der Waals surface area contributed by atoms with Crippen molar-refractivity contribution >= 4 is 11.9 Å². The largest absolute Gasteiger partial charge is 0.481 e. The first-order chi connectivity index (χ1) is 5.37. The molecule has 1 unspecified atom stereocenters. The number of hydrogen-bond donors (Lipinski definition) is 2. The van der Waals surface area contributed by atoms with Gasteiger partial charge in [0.25, 0.3) is 0 Å². The van der Waals surface area contributed by atoms with Gasteiger partial charge in [-0.1, -0.05) is 0 Å². The van der Waals surface area contributed by atoms with Crippen LogP contribution >= 0.6 is 0 Å². The van der Waals surface area contributed by atoms with E-state index >= 15 is 0 Å². The van der Waals surface area contributed by atoms with Crippen molar-refractivity contribution in [3.63, 3.8) is 0 Å². The van der Waals surface area contributed by atoms with Gasteiger partial charge < -0.3 is 15.1 Å². The van der Waals surface area contributed by atoms with Gasteiger partial charge in [0.1, 0.15) is 0 Å². The molecule has 0 heterocycles. The van der Waals surface area contributed by atoms with E-state index in [1.807, 2.05) is 0 Å². The summed E-state index contributed by atoms with van der Waals surface area (Å²) in [5, 5.41) is 17.1. The molecule has 0 bridgehead atoms. The van der Waals surface area contributed by atoms with Crippen molar-refractivity contribution in [3.05, 3.63) is 0 Å². The van der Waals surface area contributed by atoms with Crippen LogP contribution in [0.3, 0.4) is 0 Å². The van der Waals surface area contributed by atoms with Crippen LogP contribution in [-0.4, -0.2) is 47.2 Å². The first-order valence-electron chi connectivity index (χ1n) is 3.50. The van der Waals surface area contributed by atoms with Crippen molar-refractivity contribution < 1.29 is 19.8 Å². The van der Waals surface area contributed by atoms with E-state index in [0.29, 0.717) is 0 Å². The van der Waals surface area contributed by atoms with Gasteiger partial charge in [-0.25, -0.2) is 0 Å². The van der Waals surface area contributed by atoms with E-state index in [-0.39, 0.29) is 0 Å². The van der Waals surface area contributed by atoms with Crippen LogP contribution in [0.25, 0.3) is 0 Å². The highest BCUT2D eigenvalue weighted by molar-refractivity contribution is 5.93. The Labute approximate surface area is 70.6 Å². The normalized spacial score (nSPS) is 13.4. The summed E-state index contributed by atoms with van der Waals surface area (Å²) >= 11 is 0. The molecular weight excluding hydrogens is 162 g/mol. The standard InChI is InChI=1S/C7H13NO4/c1-4(8(2)3)5(6(9)10)7(11)12/h4-5H,1-3H3,(H,9,10)(H,11,12). The maximum atomic E-state index is 10.5. The lowest BCUT2D eigenvalue weighted by atomic mass is 10.0. The number of nitrogens with zero attached hydrogens (tertiary/aromatic N) is 1. The molecule has 0 aromatic rings. The summed E-state index contributed by atoms with van der Waals surface area (Å²) in [6.45, 7) is 1.56. The van der Waals surface area contributed by atoms with Gasteiger partial charge in [-0.05, 0) is 21.0 Å². The van der Waals surface area contributed by atoms with E-state index < -0.39 is 23.9 Å². The van der Waals surface area contributed by atoms with E-state index in [9.17, 15) is 9.59 Å². The Kier molecular flexibility index (Phi) is 3.69. The first-order valence-corrected chi connectivity index (χ1v) is 3.50. The highest BCUT2D eigenvalue weighted by atomic mass is 16.4. The molecule has 5 heteroatoms. The number of hydrogen-bond acceptors (Lipinski definition) is 3. The molecule has 0 fully saturated rings. The molecule has 0 aliphatic carbocycles. The Morgan fingerprint density at radius 3 is 1.58 bits per heavy atom. The Morgan fingerprint density at radius 1 is 1.17 bits per heavy atom. The van der Waals surface area contributed by atoms with Gasteiger partial charge in [-0.2, -0.15) is 0 Å². The van der Waals surface area contributed by atoms with E-state index in [1.165, 1.54) is 0 Å². The lowest BCUT2D eigenvalue weighted by molar-refractivity contribution is -0.157. The zero-order valence-corrected chi connectivity index (χ0v) is 7.31. The molecule has 0 aliphatic heterocycles. The smallest absolute Gasteiger partial charge is 0.319 e. The average Bonchev–Trinajstić information content (AvgIpc) is 1.85. The summed E-state index contributed by atoms with van der Waals surface area (Å²) in [7, 11) is 3.28. The third-order valence-electron chi connectivity index (χ3n) is 1.83. The Morgan fingerprint density at radius 2 is 1.50 bits per heavy atom. The molecule has 2 N–H and O–H groups in total. The number of carboxylic acid groups (broad SMARTS) is 2. The van der Waals surface area contributed by atoms with Crippen LogP contribution in [-0.2, 0) is 9.59 Å². The summed E-state index contributed by atoms with van der Waals surface area (Å²) in [5.74, 6) is -3.97. The summed E-state index contributed by atoms with van der Waals surface area (Å²) in [4.78, 5) is 22.5. The zero-order chi connectivity index (χ0) is 9.89. The van der Waals surface area contributed by atoms with Gasteiger partial charge in [0.2, 0.25) is 0 Å². The van der Waals surface area contributed by atoms with Gasteiger partial charge in [-0.15, -0.1) is 0 Å². The highest BCUT2D eigenvalue weighted by Gasteiger charge is 2.32. The monoisotopic (exact) mass is 175 g/mol. The van der Waals surface area contributed by atoms with Gasteiger partial charge in [0.15, 0.2) is 5.92 Å². The molecule has 0 aromatic heterocycles. The Bertz CT molecular complexity index is 176. The van der Waals surface area contributed by atoms with Crippen LogP contribution in [0.4, 0.5) is 0 Å². The van der Waals surface area contributed by atoms with E-state index in [1.54, 1.807) is 25.9 Å². The van der Waals surface area contributed by atoms with Gasteiger partial charge in [-0.3, -0.25) is 9.59 Å². The molecule has 0 radical (unpaired) electrons. The molecule has 70 valence electrons. The topological polar surface area (TPSA) is 77.8 Å². The zero-order valence-electron chi connectivity index (χ0n) is 7.31. The van der Waals surface area contributed by atoms with Crippen molar-refractivity contribution in [1.82, 2.24) is 4.90 Å². The number of carbonyl (C=O) groups is 2. The number of carboxylic acids is 2. The van der Waals surface area contributed by atoms with Crippen molar-refractivity contribution in [2.75, 3.05) is 14.1 Å². The third kappa shape index (κ3) is 2.50. The SMILES string of the molecule is CC(C(C(=O)O)C(=O)O)N(C)C. The van der Waals surface area contributed by atoms with Crippen LogP contribution in [0.5, 0.6) is 0 Å². The molecule has 0 aliphatic rings. The molecule has 12 heavy (non-hydrogen) atoms. The molecule has 0 rings (SSSR count). The number of rotatable bonds is 4. The highest BCUT2D eigenvalue weighted by Crippen LogP contribution is 2.08. The van der Waals surface area contributed by atoms with Gasteiger partial charge in [0.05, 0.1) is 0 Å². The minimum absolute atomic E-state index is 0.514. The minimum Gasteiger partial charge on any atom is -0.481 e. The fourth-order valence-corrected chi connectivity index (χ4v) is 0.816. The molecule has 5 nitrogen and oxygen atoms in total. The predicted octanol–water partition coefficient (Wildman–Crippen LogP) is -0.278. The molecule has 0 aromatic carbocycles. The predicted molar refractivity (Wildman–Crippen MR) is 41.9 cm³/mol. The second kappa shape index (κ2) is 4.06. The van der Waals surface area contributed by atoms with E-state index in [4.69, 9.17) is 10.2 Å².